The van der Waals surface area contributed by atoms with Crippen LogP contribution in [0.15, 0.2) is 18.5 Å². The van der Waals surface area contributed by atoms with E-state index in [9.17, 15) is 9.59 Å². The molecule has 0 saturated carbocycles. The second kappa shape index (κ2) is 7.99. The Labute approximate surface area is 105 Å². The average molecular weight is 251 g/mol. The molecule has 0 fully saturated rings. The number of carbonyl (C=O) groups is 2. The molecule has 1 aromatic heterocycles. The number of nitrogens with zero attached hydrogens (tertiary/aromatic N) is 2. The Kier molecular flexibility index (Phi) is 6.16. The van der Waals surface area contributed by atoms with E-state index >= 15 is 0 Å². The number of primary amides is 1. The molecule has 98 valence electrons. The first-order valence-electron chi connectivity index (χ1n) is 5.74. The third kappa shape index (κ3) is 6.41. The quantitative estimate of drug-likeness (QED) is 0.547. The van der Waals surface area contributed by atoms with Gasteiger partial charge >= 0.3 is 0 Å². The third-order valence-electron chi connectivity index (χ3n) is 2.14. The first-order chi connectivity index (χ1) is 8.68. The molecule has 0 unspecified atom stereocenters. The summed E-state index contributed by atoms with van der Waals surface area (Å²) < 4.78 is 0. The molecule has 7 heteroatoms. The molecule has 1 aromatic rings. The number of carbonyl (C=O) groups excluding carboxylic acids is 2. The van der Waals surface area contributed by atoms with Crippen molar-refractivity contribution in [2.45, 2.75) is 19.3 Å². The summed E-state index contributed by atoms with van der Waals surface area (Å²) in [6.45, 7) is 0.599. The van der Waals surface area contributed by atoms with Gasteiger partial charge in [0.25, 0.3) is 0 Å². The molecule has 2 amide bonds. The van der Waals surface area contributed by atoms with Gasteiger partial charge in [0.2, 0.25) is 17.8 Å². The van der Waals surface area contributed by atoms with Crippen molar-refractivity contribution >= 4 is 17.8 Å². The van der Waals surface area contributed by atoms with Gasteiger partial charge in [0.05, 0.1) is 6.54 Å². The summed E-state index contributed by atoms with van der Waals surface area (Å²) >= 11 is 0. The Hall–Kier alpha value is -2.18. The summed E-state index contributed by atoms with van der Waals surface area (Å²) in [7, 11) is 0. The lowest BCUT2D eigenvalue weighted by atomic mass is 10.2. The van der Waals surface area contributed by atoms with Gasteiger partial charge in [-0.1, -0.05) is 0 Å². The number of nitrogens with one attached hydrogen (secondary N) is 2. The summed E-state index contributed by atoms with van der Waals surface area (Å²) in [6.07, 6.45) is 5.25. The van der Waals surface area contributed by atoms with Crippen molar-refractivity contribution in [3.8, 4) is 0 Å². The van der Waals surface area contributed by atoms with Crippen molar-refractivity contribution in [2.75, 3.05) is 18.4 Å². The fourth-order valence-corrected chi connectivity index (χ4v) is 1.28. The Morgan fingerprint density at radius 3 is 2.61 bits per heavy atom. The van der Waals surface area contributed by atoms with Crippen molar-refractivity contribution in [2.24, 2.45) is 5.73 Å². The maximum absolute atomic E-state index is 11.2. The van der Waals surface area contributed by atoms with E-state index in [4.69, 9.17) is 5.73 Å². The molecule has 0 aliphatic rings. The molecule has 7 nitrogen and oxygen atoms in total. The number of aromatic nitrogens is 2. The van der Waals surface area contributed by atoms with Crippen LogP contribution in [0.3, 0.4) is 0 Å². The molecule has 18 heavy (non-hydrogen) atoms. The molecular weight excluding hydrogens is 234 g/mol. The SMILES string of the molecule is NC(=O)CNC(=O)CCCCNc1ncccn1. The molecule has 0 bridgehead atoms. The number of rotatable bonds is 8. The van der Waals surface area contributed by atoms with E-state index in [1.807, 2.05) is 0 Å². The topological polar surface area (TPSA) is 110 Å². The number of amides is 2. The molecule has 0 aliphatic carbocycles. The maximum Gasteiger partial charge on any atom is 0.236 e. The fourth-order valence-electron chi connectivity index (χ4n) is 1.28. The highest BCUT2D eigenvalue weighted by Crippen LogP contribution is 1.98. The van der Waals surface area contributed by atoms with Gasteiger partial charge in [-0.25, -0.2) is 9.97 Å². The summed E-state index contributed by atoms with van der Waals surface area (Å²) in [5, 5.41) is 5.47. The van der Waals surface area contributed by atoms with Crippen LogP contribution in [0.5, 0.6) is 0 Å². The van der Waals surface area contributed by atoms with Gasteiger partial charge in [-0.15, -0.1) is 0 Å². The third-order valence-corrected chi connectivity index (χ3v) is 2.14. The second-order valence-corrected chi connectivity index (χ2v) is 3.70. The highest BCUT2D eigenvalue weighted by Gasteiger charge is 2.02. The summed E-state index contributed by atoms with van der Waals surface area (Å²) in [5.41, 5.74) is 4.90. The Morgan fingerprint density at radius 1 is 1.22 bits per heavy atom. The van der Waals surface area contributed by atoms with Crippen molar-refractivity contribution in [1.82, 2.24) is 15.3 Å². The summed E-state index contributed by atoms with van der Waals surface area (Å²) in [6, 6.07) is 1.74. The van der Waals surface area contributed by atoms with E-state index < -0.39 is 5.91 Å². The summed E-state index contributed by atoms with van der Waals surface area (Å²) in [5.74, 6) is -0.119. The molecule has 1 rings (SSSR count). The van der Waals surface area contributed by atoms with Crippen LogP contribution in [0.4, 0.5) is 5.95 Å². The molecule has 0 aliphatic heterocycles. The second-order valence-electron chi connectivity index (χ2n) is 3.70. The van der Waals surface area contributed by atoms with Gasteiger partial charge in [0, 0.05) is 25.4 Å². The van der Waals surface area contributed by atoms with Gasteiger partial charge in [0.1, 0.15) is 0 Å². The van der Waals surface area contributed by atoms with Crippen LogP contribution < -0.4 is 16.4 Å². The number of unbranched alkanes of at least 4 members (excludes halogenated alkanes) is 1. The monoisotopic (exact) mass is 251 g/mol. The maximum atomic E-state index is 11.2. The normalized spacial score (nSPS) is 9.78. The zero-order chi connectivity index (χ0) is 13.2. The van der Waals surface area contributed by atoms with Crippen molar-refractivity contribution < 1.29 is 9.59 Å². The Bertz CT molecular complexity index is 382. The molecular formula is C11H17N5O2. The zero-order valence-corrected chi connectivity index (χ0v) is 10.1. The Balaban J connectivity index is 2.02. The van der Waals surface area contributed by atoms with E-state index in [1.54, 1.807) is 18.5 Å². The van der Waals surface area contributed by atoms with E-state index in [0.29, 0.717) is 18.9 Å². The van der Waals surface area contributed by atoms with Crippen LogP contribution in [-0.4, -0.2) is 34.9 Å². The van der Waals surface area contributed by atoms with Gasteiger partial charge in [-0.05, 0) is 18.9 Å². The van der Waals surface area contributed by atoms with Crippen molar-refractivity contribution in [1.29, 1.82) is 0 Å². The lowest BCUT2D eigenvalue weighted by Crippen LogP contribution is -2.33. The highest BCUT2D eigenvalue weighted by molar-refractivity contribution is 5.83. The molecule has 0 spiro atoms. The minimum Gasteiger partial charge on any atom is -0.368 e. The van der Waals surface area contributed by atoms with Crippen molar-refractivity contribution in [3.05, 3.63) is 18.5 Å². The van der Waals surface area contributed by atoms with Crippen LogP contribution in [0.1, 0.15) is 19.3 Å². The van der Waals surface area contributed by atoms with Gasteiger partial charge in [-0.2, -0.15) is 0 Å². The largest absolute Gasteiger partial charge is 0.368 e. The van der Waals surface area contributed by atoms with Gasteiger partial charge in [-0.3, -0.25) is 9.59 Å². The van der Waals surface area contributed by atoms with Crippen LogP contribution >= 0.6 is 0 Å². The predicted molar refractivity (Wildman–Crippen MR) is 66.6 cm³/mol. The van der Waals surface area contributed by atoms with Gasteiger partial charge in [0.15, 0.2) is 0 Å². The Morgan fingerprint density at radius 2 is 1.94 bits per heavy atom. The lowest BCUT2D eigenvalue weighted by molar-refractivity contribution is -0.124. The standard InChI is InChI=1S/C11H17N5O2/c12-9(17)8-16-10(18)4-1-2-5-13-11-14-6-3-7-15-11/h3,6-7H,1-2,4-5,8H2,(H2,12,17)(H,16,18)(H,13,14,15). The minimum atomic E-state index is -0.536. The fraction of sp³-hybridized carbons (Fsp3) is 0.455. The first kappa shape index (κ1) is 13.9. The highest BCUT2D eigenvalue weighted by atomic mass is 16.2. The van der Waals surface area contributed by atoms with Crippen LogP contribution in [0.2, 0.25) is 0 Å². The van der Waals surface area contributed by atoms with Crippen LogP contribution in [0, 0.1) is 0 Å². The zero-order valence-electron chi connectivity index (χ0n) is 10.1. The smallest absolute Gasteiger partial charge is 0.236 e. The number of anilines is 1. The van der Waals surface area contributed by atoms with Gasteiger partial charge < -0.3 is 16.4 Å². The van der Waals surface area contributed by atoms with E-state index in [1.165, 1.54) is 0 Å². The molecule has 0 radical (unpaired) electrons. The number of hydrogen-bond donors (Lipinski definition) is 3. The lowest BCUT2D eigenvalue weighted by Gasteiger charge is -2.04. The van der Waals surface area contributed by atoms with E-state index in [0.717, 1.165) is 12.8 Å². The molecule has 4 N–H and O–H groups in total. The molecule has 1 heterocycles. The van der Waals surface area contributed by atoms with Crippen LogP contribution in [-0.2, 0) is 9.59 Å². The van der Waals surface area contributed by atoms with Crippen molar-refractivity contribution in [3.63, 3.8) is 0 Å². The van der Waals surface area contributed by atoms with E-state index in [2.05, 4.69) is 20.6 Å². The average Bonchev–Trinajstić information content (AvgIpc) is 2.37. The molecule has 0 saturated heterocycles. The predicted octanol–water partition coefficient (Wildman–Crippen LogP) is -0.340. The first-order valence-corrected chi connectivity index (χ1v) is 5.74. The van der Waals surface area contributed by atoms with E-state index in [-0.39, 0.29) is 12.5 Å². The summed E-state index contributed by atoms with van der Waals surface area (Å²) in [4.78, 5) is 29.7. The number of nitrogens with two attached hydrogens (primary N) is 1. The van der Waals surface area contributed by atoms with Crippen LogP contribution in [0.25, 0.3) is 0 Å². The molecule has 0 aromatic carbocycles. The number of hydrogen-bond acceptors (Lipinski definition) is 5. The minimum absolute atomic E-state index is 0.102. The molecule has 0 atom stereocenters.